The van der Waals surface area contributed by atoms with E-state index in [0.29, 0.717) is 5.56 Å². The molecule has 3 aromatic rings. The van der Waals surface area contributed by atoms with E-state index < -0.39 is 0 Å². The SMILES string of the molecule is CCn1c(C)nc2cc(C(=O)N/N=C/c3ccc(Br)cc3)ccc21. The van der Waals surface area contributed by atoms with E-state index >= 15 is 0 Å². The lowest BCUT2D eigenvalue weighted by Gasteiger charge is -2.03. The van der Waals surface area contributed by atoms with Gasteiger partial charge in [0.05, 0.1) is 17.2 Å². The van der Waals surface area contributed by atoms with Crippen molar-refractivity contribution in [2.75, 3.05) is 0 Å². The fourth-order valence-electron chi connectivity index (χ4n) is 2.57. The summed E-state index contributed by atoms with van der Waals surface area (Å²) < 4.78 is 3.11. The first-order valence-electron chi connectivity index (χ1n) is 7.64. The van der Waals surface area contributed by atoms with Crippen LogP contribution in [0.1, 0.15) is 28.7 Å². The molecule has 0 saturated heterocycles. The highest BCUT2D eigenvalue weighted by Gasteiger charge is 2.10. The van der Waals surface area contributed by atoms with Crippen molar-refractivity contribution in [3.8, 4) is 0 Å². The predicted octanol–water partition coefficient (Wildman–Crippen LogP) is 3.89. The quantitative estimate of drug-likeness (QED) is 0.547. The predicted molar refractivity (Wildman–Crippen MR) is 99.3 cm³/mol. The van der Waals surface area contributed by atoms with Crippen molar-refractivity contribution in [1.29, 1.82) is 0 Å². The van der Waals surface area contributed by atoms with Gasteiger partial charge in [0.25, 0.3) is 5.91 Å². The summed E-state index contributed by atoms with van der Waals surface area (Å²) in [5, 5.41) is 4.00. The number of nitrogens with zero attached hydrogens (tertiary/aromatic N) is 3. The Morgan fingerprint density at radius 3 is 2.75 bits per heavy atom. The second kappa shape index (κ2) is 6.97. The number of amides is 1. The molecule has 0 bridgehead atoms. The minimum Gasteiger partial charge on any atom is -0.329 e. The van der Waals surface area contributed by atoms with Crippen LogP contribution >= 0.6 is 15.9 Å². The minimum atomic E-state index is -0.256. The summed E-state index contributed by atoms with van der Waals surface area (Å²) in [6, 6.07) is 13.2. The number of nitrogens with one attached hydrogen (secondary N) is 1. The second-order valence-electron chi connectivity index (χ2n) is 5.36. The highest BCUT2D eigenvalue weighted by atomic mass is 79.9. The molecule has 0 radical (unpaired) electrons. The standard InChI is InChI=1S/C18H17BrN4O/c1-3-23-12(2)21-16-10-14(6-9-17(16)23)18(24)22-20-11-13-4-7-15(19)8-5-13/h4-11H,3H2,1-2H3,(H,22,24)/b20-11+. The van der Waals surface area contributed by atoms with Crippen LogP contribution in [0.5, 0.6) is 0 Å². The maximum atomic E-state index is 12.2. The number of carbonyl (C=O) groups is 1. The summed E-state index contributed by atoms with van der Waals surface area (Å²) in [7, 11) is 0. The van der Waals surface area contributed by atoms with Crippen LogP contribution in [-0.2, 0) is 6.54 Å². The topological polar surface area (TPSA) is 59.3 Å². The van der Waals surface area contributed by atoms with E-state index in [-0.39, 0.29) is 5.91 Å². The summed E-state index contributed by atoms with van der Waals surface area (Å²) in [4.78, 5) is 16.7. The summed E-state index contributed by atoms with van der Waals surface area (Å²) in [6.07, 6.45) is 1.61. The number of imidazole rings is 1. The molecule has 0 saturated carbocycles. The van der Waals surface area contributed by atoms with E-state index in [0.717, 1.165) is 33.4 Å². The molecular formula is C18H17BrN4O. The van der Waals surface area contributed by atoms with Gasteiger partial charge in [-0.25, -0.2) is 10.4 Å². The number of hydrazone groups is 1. The Morgan fingerprint density at radius 1 is 1.29 bits per heavy atom. The first-order valence-corrected chi connectivity index (χ1v) is 8.43. The summed E-state index contributed by atoms with van der Waals surface area (Å²) in [6.45, 7) is 4.89. The zero-order valence-electron chi connectivity index (χ0n) is 13.5. The van der Waals surface area contributed by atoms with Crippen LogP contribution in [0.25, 0.3) is 11.0 Å². The third-order valence-electron chi connectivity index (χ3n) is 3.77. The zero-order valence-corrected chi connectivity index (χ0v) is 15.0. The maximum absolute atomic E-state index is 12.2. The van der Waals surface area contributed by atoms with Gasteiger partial charge in [0.2, 0.25) is 0 Å². The van der Waals surface area contributed by atoms with Crippen molar-refractivity contribution in [1.82, 2.24) is 15.0 Å². The van der Waals surface area contributed by atoms with Gasteiger partial charge in [-0.2, -0.15) is 5.10 Å². The van der Waals surface area contributed by atoms with Crippen LogP contribution < -0.4 is 5.43 Å². The number of rotatable bonds is 4. The van der Waals surface area contributed by atoms with Crippen LogP contribution in [0.4, 0.5) is 0 Å². The number of hydrogen-bond acceptors (Lipinski definition) is 3. The molecule has 0 aliphatic heterocycles. The van der Waals surface area contributed by atoms with Crippen molar-refractivity contribution < 1.29 is 4.79 Å². The number of fused-ring (bicyclic) bond motifs is 1. The number of hydrogen-bond donors (Lipinski definition) is 1. The second-order valence-corrected chi connectivity index (χ2v) is 6.27. The number of halogens is 1. The molecule has 1 heterocycles. The fraction of sp³-hybridized carbons (Fsp3) is 0.167. The van der Waals surface area contributed by atoms with Gasteiger partial charge < -0.3 is 4.57 Å². The van der Waals surface area contributed by atoms with Crippen LogP contribution in [0, 0.1) is 6.92 Å². The Morgan fingerprint density at radius 2 is 2.04 bits per heavy atom. The van der Waals surface area contributed by atoms with Gasteiger partial charge in [-0.05, 0) is 49.7 Å². The van der Waals surface area contributed by atoms with Crippen molar-refractivity contribution in [2.45, 2.75) is 20.4 Å². The van der Waals surface area contributed by atoms with Crippen LogP contribution in [-0.4, -0.2) is 21.7 Å². The highest BCUT2D eigenvalue weighted by Crippen LogP contribution is 2.17. The highest BCUT2D eigenvalue weighted by molar-refractivity contribution is 9.10. The Hall–Kier alpha value is -2.47. The molecule has 0 spiro atoms. The Bertz CT molecular complexity index is 913. The first kappa shape index (κ1) is 16.4. The molecule has 0 fully saturated rings. The third kappa shape index (κ3) is 3.38. The smallest absolute Gasteiger partial charge is 0.271 e. The lowest BCUT2D eigenvalue weighted by molar-refractivity contribution is 0.0955. The molecule has 0 atom stereocenters. The zero-order chi connectivity index (χ0) is 17.1. The van der Waals surface area contributed by atoms with Gasteiger partial charge >= 0.3 is 0 Å². The summed E-state index contributed by atoms with van der Waals surface area (Å²) in [5.41, 5.74) is 5.84. The molecule has 1 amide bonds. The number of benzene rings is 2. The molecule has 122 valence electrons. The van der Waals surface area contributed by atoms with Gasteiger partial charge in [-0.3, -0.25) is 4.79 Å². The van der Waals surface area contributed by atoms with Gasteiger partial charge in [-0.1, -0.05) is 28.1 Å². The van der Waals surface area contributed by atoms with E-state index in [2.05, 4.69) is 42.9 Å². The number of aromatic nitrogens is 2. The average Bonchev–Trinajstić information content (AvgIpc) is 2.90. The van der Waals surface area contributed by atoms with Gasteiger partial charge in [0.1, 0.15) is 5.82 Å². The van der Waals surface area contributed by atoms with Crippen LogP contribution in [0.2, 0.25) is 0 Å². The lowest BCUT2D eigenvalue weighted by atomic mass is 10.2. The lowest BCUT2D eigenvalue weighted by Crippen LogP contribution is -2.17. The van der Waals surface area contributed by atoms with E-state index in [1.165, 1.54) is 0 Å². The molecular weight excluding hydrogens is 368 g/mol. The number of carbonyl (C=O) groups excluding carboxylic acids is 1. The van der Waals surface area contributed by atoms with Crippen molar-refractivity contribution in [3.05, 3.63) is 63.9 Å². The Kier molecular flexibility index (Phi) is 4.76. The minimum absolute atomic E-state index is 0.256. The van der Waals surface area contributed by atoms with E-state index in [1.807, 2.05) is 37.3 Å². The molecule has 1 aromatic heterocycles. The fourth-order valence-corrected chi connectivity index (χ4v) is 2.83. The van der Waals surface area contributed by atoms with E-state index in [1.54, 1.807) is 18.3 Å². The molecule has 0 unspecified atom stereocenters. The van der Waals surface area contributed by atoms with Gasteiger partial charge in [0.15, 0.2) is 0 Å². The van der Waals surface area contributed by atoms with Crippen molar-refractivity contribution in [2.24, 2.45) is 5.10 Å². The molecule has 24 heavy (non-hydrogen) atoms. The monoisotopic (exact) mass is 384 g/mol. The Balaban J connectivity index is 1.75. The number of aryl methyl sites for hydroxylation is 2. The third-order valence-corrected chi connectivity index (χ3v) is 4.30. The summed E-state index contributed by atoms with van der Waals surface area (Å²) >= 11 is 3.38. The van der Waals surface area contributed by atoms with E-state index in [4.69, 9.17) is 0 Å². The molecule has 6 heteroatoms. The van der Waals surface area contributed by atoms with Gasteiger partial charge in [0, 0.05) is 16.6 Å². The largest absolute Gasteiger partial charge is 0.329 e. The normalized spacial score (nSPS) is 11.3. The van der Waals surface area contributed by atoms with E-state index in [9.17, 15) is 4.79 Å². The molecule has 2 aromatic carbocycles. The van der Waals surface area contributed by atoms with Gasteiger partial charge in [-0.15, -0.1) is 0 Å². The molecule has 5 nitrogen and oxygen atoms in total. The molecule has 0 aliphatic rings. The summed E-state index contributed by atoms with van der Waals surface area (Å²) in [5.74, 6) is 0.687. The Labute approximate surface area is 148 Å². The van der Waals surface area contributed by atoms with Crippen molar-refractivity contribution in [3.63, 3.8) is 0 Å². The van der Waals surface area contributed by atoms with Crippen molar-refractivity contribution >= 4 is 39.1 Å². The maximum Gasteiger partial charge on any atom is 0.271 e. The van der Waals surface area contributed by atoms with Crippen LogP contribution in [0.15, 0.2) is 52.0 Å². The van der Waals surface area contributed by atoms with Crippen LogP contribution in [0.3, 0.4) is 0 Å². The first-order chi connectivity index (χ1) is 11.6. The molecule has 0 aliphatic carbocycles. The molecule has 3 rings (SSSR count). The molecule has 1 N–H and O–H groups in total. The average molecular weight is 385 g/mol.